The molecule has 0 N–H and O–H groups in total. The van der Waals surface area contributed by atoms with Crippen LogP contribution in [0.5, 0.6) is 0 Å². The van der Waals surface area contributed by atoms with Gasteiger partial charge in [0.1, 0.15) is 0 Å². The van der Waals surface area contributed by atoms with E-state index in [2.05, 4.69) is 34.6 Å². The molecule has 0 saturated heterocycles. The van der Waals surface area contributed by atoms with Gasteiger partial charge in [0.15, 0.2) is 0 Å². The number of hydrogen-bond donors (Lipinski definition) is 0. The topological polar surface area (TPSA) is 0 Å². The van der Waals surface area contributed by atoms with Gasteiger partial charge in [-0.05, 0) is 17.8 Å². The molecule has 61 valence electrons. The van der Waals surface area contributed by atoms with E-state index in [0.717, 1.165) is 11.8 Å². The smallest absolute Gasteiger partial charge is 0.0269 e. The molecule has 0 saturated carbocycles. The van der Waals surface area contributed by atoms with E-state index in [1.54, 1.807) is 5.92 Å². The van der Waals surface area contributed by atoms with Crippen LogP contribution in [-0.4, -0.2) is 0 Å². The monoisotopic (exact) mass is 141 g/mol. The molecule has 0 aliphatic carbocycles. The van der Waals surface area contributed by atoms with Crippen molar-refractivity contribution >= 4 is 0 Å². The zero-order valence-electron chi connectivity index (χ0n) is 8.07. The second-order valence-electron chi connectivity index (χ2n) is 3.48. The van der Waals surface area contributed by atoms with E-state index in [9.17, 15) is 0 Å². The van der Waals surface area contributed by atoms with Crippen LogP contribution in [0.25, 0.3) is 0 Å². The minimum Gasteiger partial charge on any atom is -0.0651 e. The first-order chi connectivity index (χ1) is 4.63. The minimum atomic E-state index is 0.852. The van der Waals surface area contributed by atoms with Gasteiger partial charge >= 0.3 is 0 Å². The highest BCUT2D eigenvalue weighted by molar-refractivity contribution is 4.88. The fourth-order valence-corrected chi connectivity index (χ4v) is 1.66. The van der Waals surface area contributed by atoms with Crippen molar-refractivity contribution in [3.63, 3.8) is 0 Å². The Labute approximate surface area is 66.0 Å². The molecule has 0 amide bonds. The molecule has 2 atom stereocenters. The van der Waals surface area contributed by atoms with E-state index >= 15 is 0 Å². The molecule has 0 rings (SSSR count). The van der Waals surface area contributed by atoms with Crippen LogP contribution in [0.3, 0.4) is 0 Å². The van der Waals surface area contributed by atoms with Gasteiger partial charge in [0, 0.05) is 0 Å². The van der Waals surface area contributed by atoms with Crippen LogP contribution in [-0.2, 0) is 0 Å². The van der Waals surface area contributed by atoms with Crippen molar-refractivity contribution in [1.82, 2.24) is 0 Å². The molecule has 0 aromatic rings. The molecule has 0 aliphatic heterocycles. The number of rotatable bonds is 4. The third-order valence-corrected chi connectivity index (χ3v) is 2.51. The zero-order chi connectivity index (χ0) is 8.15. The molecule has 1 radical (unpaired) electrons. The summed E-state index contributed by atoms with van der Waals surface area (Å²) in [6, 6.07) is 0. The van der Waals surface area contributed by atoms with E-state index in [1.807, 2.05) is 0 Å². The van der Waals surface area contributed by atoms with E-state index in [-0.39, 0.29) is 0 Å². The Morgan fingerprint density at radius 1 is 1.10 bits per heavy atom. The highest BCUT2D eigenvalue weighted by Gasteiger charge is 2.16. The molecule has 0 fully saturated rings. The second-order valence-corrected chi connectivity index (χ2v) is 3.48. The zero-order valence-corrected chi connectivity index (χ0v) is 8.07. The van der Waals surface area contributed by atoms with E-state index in [1.165, 1.54) is 12.8 Å². The molecule has 0 bridgehead atoms. The minimum absolute atomic E-state index is 0.852. The van der Waals surface area contributed by atoms with Crippen LogP contribution in [0.2, 0.25) is 0 Å². The molecular formula is C10H21. The largest absolute Gasteiger partial charge is 0.0651 e. The third-order valence-electron chi connectivity index (χ3n) is 2.51. The van der Waals surface area contributed by atoms with Crippen molar-refractivity contribution < 1.29 is 0 Å². The van der Waals surface area contributed by atoms with Crippen molar-refractivity contribution in [2.45, 2.75) is 47.5 Å². The standard InChI is InChI=1S/C10H21/c1-6-9(5)10(7-2)8(3)4/h9-10H,6-7H2,1-5H3. The number of hydrogen-bond acceptors (Lipinski definition) is 0. The Morgan fingerprint density at radius 3 is 1.70 bits per heavy atom. The predicted octanol–water partition coefficient (Wildman–Crippen LogP) is 3.67. The summed E-state index contributed by atoms with van der Waals surface area (Å²) in [6.07, 6.45) is 2.61. The maximum Gasteiger partial charge on any atom is -0.0269 e. The van der Waals surface area contributed by atoms with Crippen molar-refractivity contribution in [1.29, 1.82) is 0 Å². The molecule has 0 spiro atoms. The summed E-state index contributed by atoms with van der Waals surface area (Å²) in [5.41, 5.74) is 0. The van der Waals surface area contributed by atoms with Crippen molar-refractivity contribution in [2.75, 3.05) is 0 Å². The van der Waals surface area contributed by atoms with Crippen LogP contribution in [0.4, 0.5) is 0 Å². The molecule has 2 unspecified atom stereocenters. The summed E-state index contributed by atoms with van der Waals surface area (Å²) in [5, 5.41) is 0. The summed E-state index contributed by atoms with van der Waals surface area (Å²) in [5.74, 6) is 3.32. The van der Waals surface area contributed by atoms with E-state index in [4.69, 9.17) is 0 Å². The first-order valence-corrected chi connectivity index (χ1v) is 4.43. The highest BCUT2D eigenvalue weighted by Crippen LogP contribution is 2.27. The summed E-state index contributed by atoms with van der Waals surface area (Å²) in [4.78, 5) is 0. The van der Waals surface area contributed by atoms with Gasteiger partial charge in [0.25, 0.3) is 0 Å². The average Bonchev–Trinajstić information content (AvgIpc) is 1.88. The first kappa shape index (κ1) is 10.0. The van der Waals surface area contributed by atoms with Gasteiger partial charge in [-0.15, -0.1) is 0 Å². The molecule has 0 aromatic carbocycles. The summed E-state index contributed by atoms with van der Waals surface area (Å²) >= 11 is 0. The van der Waals surface area contributed by atoms with Crippen LogP contribution >= 0.6 is 0 Å². The Kier molecular flexibility index (Phi) is 4.76. The van der Waals surface area contributed by atoms with Gasteiger partial charge in [-0.1, -0.05) is 47.5 Å². The first-order valence-electron chi connectivity index (χ1n) is 4.43. The highest BCUT2D eigenvalue weighted by atomic mass is 14.2. The fraction of sp³-hybridized carbons (Fsp3) is 0.900. The third kappa shape index (κ3) is 2.72. The Morgan fingerprint density at radius 2 is 1.60 bits per heavy atom. The van der Waals surface area contributed by atoms with Crippen LogP contribution in [0, 0.1) is 17.8 Å². The Bertz CT molecular complexity index is 74.1. The Balaban J connectivity index is 3.80. The molecule has 0 nitrogen and oxygen atoms in total. The molecule has 10 heavy (non-hydrogen) atoms. The Hall–Kier alpha value is 0. The van der Waals surface area contributed by atoms with Crippen molar-refractivity contribution in [3.8, 4) is 0 Å². The molecule has 0 aliphatic rings. The lowest BCUT2D eigenvalue weighted by atomic mass is 9.81. The van der Waals surface area contributed by atoms with Gasteiger partial charge in [0.05, 0.1) is 0 Å². The van der Waals surface area contributed by atoms with Gasteiger partial charge < -0.3 is 0 Å². The van der Waals surface area contributed by atoms with E-state index in [0.29, 0.717) is 0 Å². The van der Waals surface area contributed by atoms with E-state index < -0.39 is 0 Å². The SMILES string of the molecule is CCC(C)C(CC)[C](C)C. The summed E-state index contributed by atoms with van der Waals surface area (Å²) in [7, 11) is 0. The average molecular weight is 141 g/mol. The molecule has 0 aromatic heterocycles. The van der Waals surface area contributed by atoms with Gasteiger partial charge in [-0.3, -0.25) is 0 Å². The maximum atomic E-state index is 2.35. The van der Waals surface area contributed by atoms with Crippen LogP contribution < -0.4 is 0 Å². The summed E-state index contributed by atoms with van der Waals surface area (Å²) < 4.78 is 0. The van der Waals surface area contributed by atoms with Gasteiger partial charge in [-0.2, -0.15) is 0 Å². The second kappa shape index (κ2) is 4.76. The van der Waals surface area contributed by atoms with Crippen molar-refractivity contribution in [2.24, 2.45) is 11.8 Å². The fourth-order valence-electron chi connectivity index (χ4n) is 1.66. The maximum absolute atomic E-state index is 2.35. The normalized spacial score (nSPS) is 17.4. The van der Waals surface area contributed by atoms with Crippen LogP contribution in [0.15, 0.2) is 0 Å². The lowest BCUT2D eigenvalue weighted by Crippen LogP contribution is -2.14. The quantitative estimate of drug-likeness (QED) is 0.560. The van der Waals surface area contributed by atoms with Crippen molar-refractivity contribution in [3.05, 3.63) is 5.92 Å². The molecular weight excluding hydrogens is 120 g/mol. The van der Waals surface area contributed by atoms with Gasteiger partial charge in [-0.25, -0.2) is 0 Å². The van der Waals surface area contributed by atoms with Gasteiger partial charge in [0.2, 0.25) is 0 Å². The van der Waals surface area contributed by atoms with Crippen LogP contribution in [0.1, 0.15) is 47.5 Å². The predicted molar refractivity (Wildman–Crippen MR) is 47.8 cm³/mol. The molecule has 0 heterocycles. The summed E-state index contributed by atoms with van der Waals surface area (Å²) in [6.45, 7) is 11.4. The lowest BCUT2D eigenvalue weighted by Gasteiger charge is -2.24. The lowest BCUT2D eigenvalue weighted by molar-refractivity contribution is 0.353. The molecule has 0 heteroatoms.